The Morgan fingerprint density at radius 1 is 0.794 bits per heavy atom. The number of para-hydroxylation sites is 1. The molecule has 2 unspecified atom stereocenters. The Bertz CT molecular complexity index is 2210. The van der Waals surface area contributed by atoms with E-state index in [2.05, 4.69) is 52.2 Å². The van der Waals surface area contributed by atoms with Crippen molar-refractivity contribution in [2.24, 2.45) is 11.7 Å². The minimum absolute atomic E-state index is 0.0429. The zero-order valence-electron chi connectivity index (χ0n) is 38.3. The molecule has 1 aliphatic rings. The van der Waals surface area contributed by atoms with Gasteiger partial charge in [-0.15, -0.1) is 0 Å². The van der Waals surface area contributed by atoms with Crippen LogP contribution in [0.5, 0.6) is 0 Å². The van der Waals surface area contributed by atoms with Gasteiger partial charge in [-0.05, 0) is 69.7 Å². The molecule has 4 rings (SSSR count). The second-order valence-electron chi connectivity index (χ2n) is 16.8. The molecule has 372 valence electrons. The molecule has 3 heterocycles. The molecule has 24 heteroatoms. The number of carbonyl (C=O) groups excluding carboxylic acids is 7. The summed E-state index contributed by atoms with van der Waals surface area (Å²) in [6, 6.07) is -1.90. The van der Waals surface area contributed by atoms with E-state index >= 15 is 0 Å². The van der Waals surface area contributed by atoms with Crippen molar-refractivity contribution in [1.29, 1.82) is 0 Å². The normalized spacial score (nSPS) is 16.9. The summed E-state index contributed by atoms with van der Waals surface area (Å²) in [6.45, 7) is 4.90. The lowest BCUT2D eigenvalue weighted by Gasteiger charge is -2.30. The van der Waals surface area contributed by atoms with Gasteiger partial charge in [0.1, 0.15) is 36.3 Å². The molecule has 1 aromatic carbocycles. The zero-order valence-corrected chi connectivity index (χ0v) is 38.3. The van der Waals surface area contributed by atoms with Crippen LogP contribution >= 0.6 is 0 Å². The number of amides is 7. The average molecular weight is 953 g/mol. The van der Waals surface area contributed by atoms with E-state index in [-0.39, 0.29) is 25.8 Å². The predicted octanol–water partition coefficient (Wildman–Crippen LogP) is -2.43. The van der Waals surface area contributed by atoms with Gasteiger partial charge in [0.15, 0.2) is 0 Å². The summed E-state index contributed by atoms with van der Waals surface area (Å²) in [4.78, 5) is 128. The third-order valence-corrected chi connectivity index (χ3v) is 11.6. The SMILES string of the molecule is CCC(C)[C@H](NC(=O)[C@H](Cc1cnc[nH]1)NC(=O)[C@@H](NC(=O)[C@@H]1CCCN1)C(C)O)C(=O)N[C@@H](CCCCN)C(=O)N[C@@H](Cc1c[nH]c2ccccc12)C(=O)NCC(=O)N[C@@H](CC(=O)O)C(=O)O. The number of aromatic nitrogens is 3. The van der Waals surface area contributed by atoms with Crippen molar-refractivity contribution in [2.45, 2.75) is 127 Å². The average Bonchev–Trinajstić information content (AvgIpc) is 4.11. The maximum absolute atomic E-state index is 14.3. The number of aliphatic hydroxyl groups is 1. The number of aromatic amines is 2. The Labute approximate surface area is 391 Å². The van der Waals surface area contributed by atoms with Gasteiger partial charge in [0.05, 0.1) is 31.4 Å². The quantitative estimate of drug-likeness (QED) is 0.0337. The number of aliphatic hydroxyl groups excluding tert-OH is 1. The number of benzene rings is 1. The molecule has 0 radical (unpaired) electrons. The molecular weight excluding hydrogens is 889 g/mol. The Hall–Kier alpha value is -6.92. The molecule has 15 N–H and O–H groups in total. The summed E-state index contributed by atoms with van der Waals surface area (Å²) >= 11 is 0. The van der Waals surface area contributed by atoms with Crippen LogP contribution in [-0.2, 0) is 56.0 Å². The number of hydrogen-bond acceptors (Lipinski definition) is 13. The Morgan fingerprint density at radius 3 is 2.10 bits per heavy atom. The molecule has 0 bridgehead atoms. The number of hydrogen-bond donors (Lipinski definition) is 14. The molecule has 3 aromatic rings. The maximum atomic E-state index is 14.3. The summed E-state index contributed by atoms with van der Waals surface area (Å²) in [7, 11) is 0. The number of aliphatic carboxylic acids is 2. The number of carbonyl (C=O) groups is 9. The first kappa shape index (κ1) is 53.7. The van der Waals surface area contributed by atoms with Crippen molar-refractivity contribution >= 4 is 64.2 Å². The van der Waals surface area contributed by atoms with E-state index in [9.17, 15) is 53.4 Å². The molecule has 1 saturated heterocycles. The second-order valence-corrected chi connectivity index (χ2v) is 16.8. The van der Waals surface area contributed by atoms with Gasteiger partial charge < -0.3 is 73.6 Å². The number of rotatable bonds is 28. The molecule has 24 nitrogen and oxygen atoms in total. The Balaban J connectivity index is 1.56. The van der Waals surface area contributed by atoms with Crippen LogP contribution in [0.2, 0.25) is 0 Å². The lowest BCUT2D eigenvalue weighted by atomic mass is 9.96. The Kier molecular flexibility index (Phi) is 20.9. The van der Waals surface area contributed by atoms with Gasteiger partial charge in [0.25, 0.3) is 0 Å². The molecule has 1 fully saturated rings. The summed E-state index contributed by atoms with van der Waals surface area (Å²) in [6.07, 6.45) is 4.45. The van der Waals surface area contributed by atoms with Crippen LogP contribution in [0.25, 0.3) is 10.9 Å². The highest BCUT2D eigenvalue weighted by Crippen LogP contribution is 2.20. The lowest BCUT2D eigenvalue weighted by molar-refractivity contribution is -0.147. The second kappa shape index (κ2) is 26.4. The zero-order chi connectivity index (χ0) is 49.9. The first-order valence-corrected chi connectivity index (χ1v) is 22.6. The Morgan fingerprint density at radius 2 is 1.47 bits per heavy atom. The van der Waals surface area contributed by atoms with Crippen molar-refractivity contribution in [3.05, 3.63) is 54.2 Å². The fourth-order valence-corrected chi connectivity index (χ4v) is 7.55. The highest BCUT2D eigenvalue weighted by Gasteiger charge is 2.36. The highest BCUT2D eigenvalue weighted by atomic mass is 16.4. The topological polar surface area (TPSA) is 381 Å². The van der Waals surface area contributed by atoms with Gasteiger partial charge in [-0.2, -0.15) is 0 Å². The molecule has 2 aromatic heterocycles. The van der Waals surface area contributed by atoms with Gasteiger partial charge in [-0.25, -0.2) is 9.78 Å². The predicted molar refractivity (Wildman–Crippen MR) is 244 cm³/mol. The summed E-state index contributed by atoms with van der Waals surface area (Å²) < 4.78 is 0. The number of fused-ring (bicyclic) bond motifs is 1. The maximum Gasteiger partial charge on any atom is 0.326 e. The van der Waals surface area contributed by atoms with Gasteiger partial charge >= 0.3 is 11.9 Å². The van der Waals surface area contributed by atoms with Crippen molar-refractivity contribution in [2.75, 3.05) is 19.6 Å². The van der Waals surface area contributed by atoms with Crippen LogP contribution in [0.15, 0.2) is 43.0 Å². The van der Waals surface area contributed by atoms with Crippen LogP contribution in [0.3, 0.4) is 0 Å². The standard InChI is InChI=1S/C44H64N12O12/c1-4-23(2)36(55-41(64)32(17-26-20-46-22-50-26)54-43(66)37(24(3)57)56-39(62)29-13-9-15-47-29)42(65)52-30(12-7-8-14-45)40(63)53-31(16-25-19-48-28-11-6-5-10-27(25)28)38(61)49-21-34(58)51-33(44(67)68)18-35(59)60/h5-6,10-11,19-20,22-24,29-33,36-37,47-48,57H,4,7-9,12-18,21,45H2,1-3H3,(H,46,50)(H,49,61)(H,51,58)(H,52,65)(H,53,63)(H,54,66)(H,55,64)(H,56,62)(H,59,60)(H,67,68)/t23?,24?,29-,30-,31-,32-,33-,36-,37-/m0/s1. The van der Waals surface area contributed by atoms with Crippen molar-refractivity contribution < 1.29 is 58.5 Å². The van der Waals surface area contributed by atoms with Gasteiger partial charge in [-0.3, -0.25) is 38.4 Å². The highest BCUT2D eigenvalue weighted by molar-refractivity contribution is 5.98. The van der Waals surface area contributed by atoms with E-state index in [0.29, 0.717) is 43.5 Å². The van der Waals surface area contributed by atoms with Gasteiger partial charge in [-0.1, -0.05) is 38.5 Å². The first-order chi connectivity index (χ1) is 32.4. The third kappa shape index (κ3) is 16.2. The summed E-state index contributed by atoms with van der Waals surface area (Å²) in [5.74, 6) is -9.21. The number of H-pyrrole nitrogens is 2. The monoisotopic (exact) mass is 952 g/mol. The molecule has 0 spiro atoms. The smallest absolute Gasteiger partial charge is 0.326 e. The molecule has 0 saturated carbocycles. The largest absolute Gasteiger partial charge is 0.481 e. The minimum atomic E-state index is -1.78. The summed E-state index contributed by atoms with van der Waals surface area (Å²) in [5.41, 5.74) is 7.53. The number of carboxylic acid groups (broad SMARTS) is 2. The van der Waals surface area contributed by atoms with E-state index in [1.165, 1.54) is 19.4 Å². The number of nitrogens with two attached hydrogens (primary N) is 1. The molecule has 7 amide bonds. The van der Waals surface area contributed by atoms with Crippen LogP contribution < -0.4 is 48.3 Å². The van der Waals surface area contributed by atoms with Crippen LogP contribution in [0, 0.1) is 5.92 Å². The van der Waals surface area contributed by atoms with Crippen LogP contribution in [-0.4, -0.2) is 152 Å². The van der Waals surface area contributed by atoms with Crippen molar-refractivity contribution in [3.63, 3.8) is 0 Å². The van der Waals surface area contributed by atoms with E-state index in [4.69, 9.17) is 10.8 Å². The number of nitrogens with one attached hydrogen (secondary N) is 10. The van der Waals surface area contributed by atoms with Crippen molar-refractivity contribution in [3.8, 4) is 0 Å². The van der Waals surface area contributed by atoms with Gasteiger partial charge in [0.2, 0.25) is 41.4 Å². The molecular formula is C44H64N12O12. The van der Waals surface area contributed by atoms with E-state index in [1.54, 1.807) is 44.3 Å². The number of carboxylic acids is 2. The fraction of sp³-hybridized carbons (Fsp3) is 0.545. The van der Waals surface area contributed by atoms with Gasteiger partial charge in [0, 0.05) is 41.8 Å². The number of nitrogens with zero attached hydrogens (tertiary/aromatic N) is 1. The van der Waals surface area contributed by atoms with Crippen molar-refractivity contribution in [1.82, 2.24) is 57.5 Å². The van der Waals surface area contributed by atoms with E-state index in [1.807, 2.05) is 5.32 Å². The fourth-order valence-electron chi connectivity index (χ4n) is 7.55. The minimum Gasteiger partial charge on any atom is -0.481 e. The lowest BCUT2D eigenvalue weighted by Crippen LogP contribution is -2.62. The molecule has 9 atom stereocenters. The number of imidazole rings is 1. The number of unbranched alkanes of at least 4 members (excludes halogenated alkanes) is 1. The molecule has 0 aliphatic carbocycles. The third-order valence-electron chi connectivity index (χ3n) is 11.6. The molecule has 1 aliphatic heterocycles. The van der Waals surface area contributed by atoms with Crippen LogP contribution in [0.4, 0.5) is 0 Å². The van der Waals surface area contributed by atoms with E-state index in [0.717, 1.165) is 17.3 Å². The van der Waals surface area contributed by atoms with Crippen LogP contribution in [0.1, 0.15) is 77.0 Å². The first-order valence-electron chi connectivity index (χ1n) is 22.6. The summed E-state index contributed by atoms with van der Waals surface area (Å²) in [5, 5.41) is 50.4. The molecule has 68 heavy (non-hydrogen) atoms. The van der Waals surface area contributed by atoms with E-state index < -0.39 is 121 Å².